The Morgan fingerprint density at radius 3 is 2.23 bits per heavy atom. The molecule has 1 saturated carbocycles. The zero-order valence-corrected chi connectivity index (χ0v) is 13.9. The van der Waals surface area contributed by atoms with Gasteiger partial charge in [0.15, 0.2) is 15.6 Å². The third-order valence-electron chi connectivity index (χ3n) is 4.95. The highest BCUT2D eigenvalue weighted by Crippen LogP contribution is 2.61. The molecule has 0 unspecified atom stereocenters. The van der Waals surface area contributed by atoms with E-state index in [-0.39, 0.29) is 11.2 Å². The molecule has 122 valence electrons. The van der Waals surface area contributed by atoms with Crippen molar-refractivity contribution < 1.29 is 17.9 Å². The summed E-state index contributed by atoms with van der Waals surface area (Å²) in [6, 6.07) is 8.69. The minimum atomic E-state index is -3.24. The highest BCUT2D eigenvalue weighted by Gasteiger charge is 2.62. The maximum atomic E-state index is 12.5. The first-order valence-electron chi connectivity index (χ1n) is 8.09. The number of rotatable bonds is 7. The summed E-state index contributed by atoms with van der Waals surface area (Å²) in [6.07, 6.45) is 4.43. The molecule has 2 fully saturated rings. The zero-order valence-electron chi connectivity index (χ0n) is 13.1. The molecule has 1 aromatic rings. The van der Waals surface area contributed by atoms with Crippen LogP contribution in [0, 0.1) is 5.41 Å². The van der Waals surface area contributed by atoms with Gasteiger partial charge >= 0.3 is 0 Å². The number of ether oxygens (including phenoxy) is 2. The van der Waals surface area contributed by atoms with Crippen molar-refractivity contribution >= 4 is 9.84 Å². The standard InChI is InChI=1S/C17H24O4S/c1-2-8-17(20-12-13-21-17)16(9-10-16)11-14-22(18,19)15-6-4-3-5-7-15/h3-7H,2,8-14H2,1H3. The molecule has 1 saturated heterocycles. The average Bonchev–Trinajstić information content (AvgIpc) is 3.19. The zero-order chi connectivity index (χ0) is 15.7. The Labute approximate surface area is 132 Å². The largest absolute Gasteiger partial charge is 0.347 e. The average molecular weight is 324 g/mol. The molecule has 3 rings (SSSR count). The fourth-order valence-electron chi connectivity index (χ4n) is 3.55. The van der Waals surface area contributed by atoms with Crippen LogP contribution in [0.15, 0.2) is 35.2 Å². The third-order valence-corrected chi connectivity index (χ3v) is 6.68. The van der Waals surface area contributed by atoms with Crippen molar-refractivity contribution in [3.05, 3.63) is 30.3 Å². The molecule has 0 radical (unpaired) electrons. The summed E-state index contributed by atoms with van der Waals surface area (Å²) < 4.78 is 36.9. The Bertz CT molecular complexity index is 599. The van der Waals surface area contributed by atoms with E-state index in [4.69, 9.17) is 9.47 Å². The van der Waals surface area contributed by atoms with Crippen LogP contribution in [0.5, 0.6) is 0 Å². The molecular formula is C17H24O4S. The Balaban J connectivity index is 1.73. The SMILES string of the molecule is CCCC1(C2(CCS(=O)(=O)c3ccccc3)CC2)OCCO1. The fourth-order valence-corrected chi connectivity index (χ4v) is 5.01. The third kappa shape index (κ3) is 2.82. The summed E-state index contributed by atoms with van der Waals surface area (Å²) in [4.78, 5) is 0.406. The van der Waals surface area contributed by atoms with Crippen molar-refractivity contribution in [2.75, 3.05) is 19.0 Å². The lowest BCUT2D eigenvalue weighted by Crippen LogP contribution is -2.41. The van der Waals surface area contributed by atoms with Crippen LogP contribution < -0.4 is 0 Å². The van der Waals surface area contributed by atoms with E-state index in [2.05, 4.69) is 6.92 Å². The number of benzene rings is 1. The molecule has 1 aliphatic heterocycles. The molecule has 4 nitrogen and oxygen atoms in total. The molecule has 1 aliphatic carbocycles. The predicted molar refractivity (Wildman–Crippen MR) is 84.3 cm³/mol. The van der Waals surface area contributed by atoms with Crippen LogP contribution in [0.3, 0.4) is 0 Å². The van der Waals surface area contributed by atoms with Gasteiger partial charge in [0.25, 0.3) is 0 Å². The second kappa shape index (κ2) is 5.95. The minimum absolute atomic E-state index is 0.110. The van der Waals surface area contributed by atoms with Gasteiger partial charge < -0.3 is 9.47 Å². The first-order valence-corrected chi connectivity index (χ1v) is 9.75. The number of hydrogen-bond acceptors (Lipinski definition) is 4. The van der Waals surface area contributed by atoms with E-state index in [1.165, 1.54) is 0 Å². The van der Waals surface area contributed by atoms with E-state index in [0.717, 1.165) is 25.7 Å². The van der Waals surface area contributed by atoms with Gasteiger partial charge in [-0.05, 0) is 31.4 Å². The van der Waals surface area contributed by atoms with Gasteiger partial charge in [-0.25, -0.2) is 8.42 Å². The molecule has 22 heavy (non-hydrogen) atoms. The van der Waals surface area contributed by atoms with Crippen LogP contribution in [-0.2, 0) is 19.3 Å². The maximum Gasteiger partial charge on any atom is 0.178 e. The molecule has 0 atom stereocenters. The van der Waals surface area contributed by atoms with E-state index >= 15 is 0 Å². The maximum absolute atomic E-state index is 12.5. The van der Waals surface area contributed by atoms with Gasteiger partial charge in [-0.2, -0.15) is 0 Å². The van der Waals surface area contributed by atoms with Gasteiger partial charge in [-0.3, -0.25) is 0 Å². The molecule has 2 aliphatic rings. The topological polar surface area (TPSA) is 52.6 Å². The van der Waals surface area contributed by atoms with Gasteiger partial charge in [0.2, 0.25) is 0 Å². The van der Waals surface area contributed by atoms with Gasteiger partial charge in [0.05, 0.1) is 23.9 Å². The van der Waals surface area contributed by atoms with E-state index in [9.17, 15) is 8.42 Å². The second-order valence-electron chi connectivity index (χ2n) is 6.36. The van der Waals surface area contributed by atoms with Crippen molar-refractivity contribution in [1.82, 2.24) is 0 Å². The summed E-state index contributed by atoms with van der Waals surface area (Å²) in [7, 11) is -3.24. The monoisotopic (exact) mass is 324 g/mol. The Morgan fingerprint density at radius 1 is 1.05 bits per heavy atom. The Morgan fingerprint density at radius 2 is 1.68 bits per heavy atom. The van der Waals surface area contributed by atoms with Crippen LogP contribution in [-0.4, -0.2) is 33.2 Å². The summed E-state index contributed by atoms with van der Waals surface area (Å²) in [5.41, 5.74) is -0.110. The molecule has 0 bridgehead atoms. The van der Waals surface area contributed by atoms with Crippen LogP contribution in [0.4, 0.5) is 0 Å². The van der Waals surface area contributed by atoms with E-state index in [1.807, 2.05) is 6.07 Å². The molecule has 1 heterocycles. The fraction of sp³-hybridized carbons (Fsp3) is 0.647. The molecule has 1 aromatic carbocycles. The summed E-state index contributed by atoms with van der Waals surface area (Å²) in [6.45, 7) is 3.35. The Kier molecular flexibility index (Phi) is 4.32. The lowest BCUT2D eigenvalue weighted by atomic mass is 9.88. The predicted octanol–water partition coefficient (Wildman–Crippen LogP) is 3.17. The minimum Gasteiger partial charge on any atom is -0.347 e. The summed E-state index contributed by atoms with van der Waals surface area (Å²) in [5, 5.41) is 0. The lowest BCUT2D eigenvalue weighted by Gasteiger charge is -2.36. The first-order chi connectivity index (χ1) is 10.5. The lowest BCUT2D eigenvalue weighted by molar-refractivity contribution is -0.211. The normalized spacial score (nSPS) is 22.6. The molecule has 0 spiro atoms. The number of sulfone groups is 1. The van der Waals surface area contributed by atoms with Crippen molar-refractivity contribution in [3.8, 4) is 0 Å². The van der Waals surface area contributed by atoms with Gasteiger partial charge in [-0.1, -0.05) is 31.5 Å². The van der Waals surface area contributed by atoms with Gasteiger partial charge in [-0.15, -0.1) is 0 Å². The second-order valence-corrected chi connectivity index (χ2v) is 8.47. The van der Waals surface area contributed by atoms with Gasteiger partial charge in [0.1, 0.15) is 0 Å². The quantitative estimate of drug-likeness (QED) is 0.773. The highest BCUT2D eigenvalue weighted by molar-refractivity contribution is 7.91. The van der Waals surface area contributed by atoms with Crippen LogP contribution in [0.25, 0.3) is 0 Å². The van der Waals surface area contributed by atoms with Crippen molar-refractivity contribution in [1.29, 1.82) is 0 Å². The van der Waals surface area contributed by atoms with Gasteiger partial charge in [0, 0.05) is 11.8 Å². The van der Waals surface area contributed by atoms with Crippen LogP contribution >= 0.6 is 0 Å². The van der Waals surface area contributed by atoms with Crippen molar-refractivity contribution in [2.24, 2.45) is 5.41 Å². The molecule has 0 N–H and O–H groups in total. The molecule has 5 heteroatoms. The van der Waals surface area contributed by atoms with E-state index < -0.39 is 15.6 Å². The summed E-state index contributed by atoms with van der Waals surface area (Å²) >= 11 is 0. The van der Waals surface area contributed by atoms with Crippen molar-refractivity contribution in [3.63, 3.8) is 0 Å². The smallest absolute Gasteiger partial charge is 0.178 e. The molecule has 0 amide bonds. The van der Waals surface area contributed by atoms with E-state index in [1.54, 1.807) is 24.3 Å². The molecule has 0 aromatic heterocycles. The van der Waals surface area contributed by atoms with Crippen molar-refractivity contribution in [2.45, 2.75) is 49.7 Å². The van der Waals surface area contributed by atoms with Crippen LogP contribution in [0.2, 0.25) is 0 Å². The summed E-state index contributed by atoms with van der Waals surface area (Å²) in [5.74, 6) is -0.386. The van der Waals surface area contributed by atoms with E-state index in [0.29, 0.717) is 24.5 Å². The first kappa shape index (κ1) is 16.0. The highest BCUT2D eigenvalue weighted by atomic mass is 32.2. The number of hydrogen-bond donors (Lipinski definition) is 0. The molecular weight excluding hydrogens is 300 g/mol. The van der Waals surface area contributed by atoms with Crippen LogP contribution in [0.1, 0.15) is 39.0 Å². The Hall–Kier alpha value is -0.910.